The van der Waals surface area contributed by atoms with Crippen LogP contribution in [0.25, 0.3) is 0 Å². The van der Waals surface area contributed by atoms with Crippen LogP contribution in [0.5, 0.6) is 11.5 Å². The number of amides is 1. The first-order chi connectivity index (χ1) is 12.7. The maximum Gasteiger partial charge on any atom is 0.253 e. The van der Waals surface area contributed by atoms with Crippen LogP contribution in [0.1, 0.15) is 34.5 Å². The highest BCUT2D eigenvalue weighted by atomic mass is 16.5. The summed E-state index contributed by atoms with van der Waals surface area (Å²) in [6, 6.07) is 9.76. The average molecular weight is 352 g/mol. The quantitative estimate of drug-likeness (QED) is 0.848. The summed E-state index contributed by atoms with van der Waals surface area (Å²) in [6.07, 6.45) is 5.72. The zero-order chi connectivity index (χ0) is 17.9. The first-order valence-electron chi connectivity index (χ1n) is 9.27. The second-order valence-corrected chi connectivity index (χ2v) is 7.09. The predicted molar refractivity (Wildman–Crippen MR) is 98.8 cm³/mol. The standard InChI is InChI=1S/C21H24N2O3/c1-25-19-5-4-16-10-15(14-26-20(16)13-19)11-18-12-17(6-7-22-18)21(24)23-8-2-3-9-23/h4-7,12-13,15H,2-3,8-11,14H2,1H3/t15-/m1/s1. The number of benzene rings is 1. The van der Waals surface area contributed by atoms with Gasteiger partial charge >= 0.3 is 0 Å². The molecule has 2 aliphatic heterocycles. The van der Waals surface area contributed by atoms with E-state index in [0.29, 0.717) is 12.5 Å². The van der Waals surface area contributed by atoms with Crippen LogP contribution < -0.4 is 9.47 Å². The number of hydrogen-bond acceptors (Lipinski definition) is 4. The Morgan fingerprint density at radius 1 is 1.27 bits per heavy atom. The van der Waals surface area contributed by atoms with Gasteiger partial charge in [0.15, 0.2) is 0 Å². The van der Waals surface area contributed by atoms with E-state index in [1.165, 1.54) is 5.56 Å². The molecule has 136 valence electrons. The van der Waals surface area contributed by atoms with Crippen LogP contribution in [0, 0.1) is 5.92 Å². The lowest BCUT2D eigenvalue weighted by atomic mass is 9.92. The van der Waals surface area contributed by atoms with Crippen molar-refractivity contribution in [3.8, 4) is 11.5 Å². The molecule has 26 heavy (non-hydrogen) atoms. The molecule has 3 heterocycles. The number of likely N-dealkylation sites (tertiary alicyclic amines) is 1. The molecule has 1 aromatic heterocycles. The molecule has 2 aliphatic rings. The number of nitrogens with zero attached hydrogens (tertiary/aromatic N) is 2. The number of hydrogen-bond donors (Lipinski definition) is 0. The molecule has 5 heteroatoms. The molecule has 1 saturated heterocycles. The van der Waals surface area contributed by atoms with E-state index >= 15 is 0 Å². The molecular weight excluding hydrogens is 328 g/mol. The Kier molecular flexibility index (Phi) is 4.78. The second-order valence-electron chi connectivity index (χ2n) is 7.09. The minimum Gasteiger partial charge on any atom is -0.497 e. The van der Waals surface area contributed by atoms with Crippen LogP contribution in [0.3, 0.4) is 0 Å². The Bertz CT molecular complexity index is 800. The molecule has 4 rings (SSSR count). The number of rotatable bonds is 4. The molecule has 2 aromatic rings. The zero-order valence-corrected chi connectivity index (χ0v) is 15.1. The Hall–Kier alpha value is -2.56. The fourth-order valence-electron chi connectivity index (χ4n) is 3.79. The van der Waals surface area contributed by atoms with Gasteiger partial charge in [-0.3, -0.25) is 9.78 Å². The van der Waals surface area contributed by atoms with Crippen molar-refractivity contribution in [3.63, 3.8) is 0 Å². The third kappa shape index (κ3) is 3.52. The number of aromatic nitrogens is 1. The van der Waals surface area contributed by atoms with Gasteiger partial charge in [-0.2, -0.15) is 0 Å². The van der Waals surface area contributed by atoms with Crippen LogP contribution in [0.2, 0.25) is 0 Å². The SMILES string of the molecule is COc1ccc2c(c1)OC[C@@H](Cc1cc(C(=O)N3CCCC3)ccn1)C2. The van der Waals surface area contributed by atoms with Gasteiger partial charge < -0.3 is 14.4 Å². The summed E-state index contributed by atoms with van der Waals surface area (Å²) in [5.74, 6) is 2.22. The molecule has 0 unspecified atom stereocenters. The van der Waals surface area contributed by atoms with E-state index in [4.69, 9.17) is 9.47 Å². The van der Waals surface area contributed by atoms with E-state index in [1.807, 2.05) is 29.2 Å². The number of methoxy groups -OCH3 is 1. The highest BCUT2D eigenvalue weighted by molar-refractivity contribution is 5.94. The number of fused-ring (bicyclic) bond motifs is 1. The normalized spacial score (nSPS) is 19.0. The van der Waals surface area contributed by atoms with Gasteiger partial charge in [0.1, 0.15) is 11.5 Å². The molecule has 0 aliphatic carbocycles. The monoisotopic (exact) mass is 352 g/mol. The molecule has 5 nitrogen and oxygen atoms in total. The molecule has 1 atom stereocenters. The van der Waals surface area contributed by atoms with E-state index in [2.05, 4.69) is 11.1 Å². The molecule has 0 N–H and O–H groups in total. The molecule has 0 spiro atoms. The summed E-state index contributed by atoms with van der Waals surface area (Å²) >= 11 is 0. The number of carbonyl (C=O) groups is 1. The molecule has 1 amide bonds. The Morgan fingerprint density at radius 2 is 2.12 bits per heavy atom. The summed E-state index contributed by atoms with van der Waals surface area (Å²) in [7, 11) is 1.66. The van der Waals surface area contributed by atoms with Crippen molar-refractivity contribution < 1.29 is 14.3 Å². The average Bonchev–Trinajstić information content (AvgIpc) is 3.22. The highest BCUT2D eigenvalue weighted by Gasteiger charge is 2.23. The lowest BCUT2D eigenvalue weighted by Crippen LogP contribution is -2.28. The smallest absolute Gasteiger partial charge is 0.253 e. The molecule has 1 aromatic carbocycles. The number of pyridine rings is 1. The molecule has 1 fully saturated rings. The second kappa shape index (κ2) is 7.36. The van der Waals surface area contributed by atoms with Crippen molar-refractivity contribution in [1.82, 2.24) is 9.88 Å². The van der Waals surface area contributed by atoms with Gasteiger partial charge in [-0.1, -0.05) is 6.07 Å². The van der Waals surface area contributed by atoms with E-state index in [0.717, 1.165) is 61.5 Å². The Morgan fingerprint density at radius 3 is 2.92 bits per heavy atom. The number of ether oxygens (including phenoxy) is 2. The molecular formula is C21H24N2O3. The van der Waals surface area contributed by atoms with Gasteiger partial charge in [-0.25, -0.2) is 0 Å². The van der Waals surface area contributed by atoms with Crippen molar-refractivity contribution in [2.75, 3.05) is 26.8 Å². The minimum absolute atomic E-state index is 0.128. The first-order valence-corrected chi connectivity index (χ1v) is 9.27. The summed E-state index contributed by atoms with van der Waals surface area (Å²) < 4.78 is 11.2. The lowest BCUT2D eigenvalue weighted by Gasteiger charge is -2.25. The van der Waals surface area contributed by atoms with E-state index in [9.17, 15) is 4.79 Å². The highest BCUT2D eigenvalue weighted by Crippen LogP contribution is 2.32. The first kappa shape index (κ1) is 16.9. The van der Waals surface area contributed by atoms with Gasteiger partial charge in [0.2, 0.25) is 0 Å². The third-order valence-corrected chi connectivity index (χ3v) is 5.21. The fraction of sp³-hybridized carbons (Fsp3) is 0.429. The van der Waals surface area contributed by atoms with E-state index < -0.39 is 0 Å². The van der Waals surface area contributed by atoms with Crippen LogP contribution >= 0.6 is 0 Å². The van der Waals surface area contributed by atoms with Gasteiger partial charge in [0.25, 0.3) is 5.91 Å². The van der Waals surface area contributed by atoms with Crippen LogP contribution in [0.4, 0.5) is 0 Å². The van der Waals surface area contributed by atoms with Crippen molar-refractivity contribution in [3.05, 3.63) is 53.3 Å². The molecule has 0 radical (unpaired) electrons. The van der Waals surface area contributed by atoms with Crippen molar-refractivity contribution in [2.45, 2.75) is 25.7 Å². The van der Waals surface area contributed by atoms with Gasteiger partial charge in [-0.05, 0) is 49.4 Å². The summed E-state index contributed by atoms with van der Waals surface area (Å²) in [5.41, 5.74) is 2.91. The Balaban J connectivity index is 1.44. The van der Waals surface area contributed by atoms with Gasteiger partial charge in [-0.15, -0.1) is 0 Å². The predicted octanol–water partition coefficient (Wildman–Crippen LogP) is 3.12. The van der Waals surface area contributed by atoms with Gasteiger partial charge in [0.05, 0.1) is 13.7 Å². The largest absolute Gasteiger partial charge is 0.497 e. The summed E-state index contributed by atoms with van der Waals surface area (Å²) in [5, 5.41) is 0. The topological polar surface area (TPSA) is 51.7 Å². The molecule has 0 bridgehead atoms. The minimum atomic E-state index is 0.128. The van der Waals surface area contributed by atoms with Crippen molar-refractivity contribution in [1.29, 1.82) is 0 Å². The number of carbonyl (C=O) groups excluding carboxylic acids is 1. The van der Waals surface area contributed by atoms with E-state index in [-0.39, 0.29) is 5.91 Å². The van der Waals surface area contributed by atoms with Gasteiger partial charge in [0, 0.05) is 42.5 Å². The van der Waals surface area contributed by atoms with Crippen molar-refractivity contribution in [2.24, 2.45) is 5.92 Å². The van der Waals surface area contributed by atoms with Crippen LogP contribution in [-0.4, -0.2) is 42.6 Å². The van der Waals surface area contributed by atoms with Crippen LogP contribution in [0.15, 0.2) is 36.5 Å². The third-order valence-electron chi connectivity index (χ3n) is 5.21. The van der Waals surface area contributed by atoms with E-state index in [1.54, 1.807) is 13.3 Å². The summed E-state index contributed by atoms with van der Waals surface area (Å²) in [4.78, 5) is 19.0. The Labute approximate surface area is 153 Å². The maximum atomic E-state index is 12.6. The zero-order valence-electron chi connectivity index (χ0n) is 15.1. The lowest BCUT2D eigenvalue weighted by molar-refractivity contribution is 0.0792. The fourth-order valence-corrected chi connectivity index (χ4v) is 3.79. The summed E-state index contributed by atoms with van der Waals surface area (Å²) in [6.45, 7) is 2.40. The molecule has 0 saturated carbocycles. The maximum absolute atomic E-state index is 12.6. The van der Waals surface area contributed by atoms with Crippen LogP contribution in [-0.2, 0) is 12.8 Å². The van der Waals surface area contributed by atoms with Crippen molar-refractivity contribution >= 4 is 5.91 Å².